The third-order valence-electron chi connectivity index (χ3n) is 3.84. The predicted octanol–water partition coefficient (Wildman–Crippen LogP) is 2.54. The number of aromatic nitrogens is 3. The Hall–Kier alpha value is -2.73. The molecule has 6 nitrogen and oxygen atoms in total. The van der Waals surface area contributed by atoms with E-state index in [4.69, 9.17) is 11.6 Å². The van der Waals surface area contributed by atoms with Crippen LogP contribution in [0.15, 0.2) is 53.3 Å². The zero-order chi connectivity index (χ0) is 17.6. The van der Waals surface area contributed by atoms with Crippen LogP contribution in [0.1, 0.15) is 18.4 Å². The zero-order valence-corrected chi connectivity index (χ0v) is 14.2. The molecular formula is C18H17ClN4O2. The molecule has 2 aromatic carbocycles. The van der Waals surface area contributed by atoms with Gasteiger partial charge in [0.15, 0.2) is 0 Å². The Morgan fingerprint density at radius 2 is 1.88 bits per heavy atom. The minimum absolute atomic E-state index is 0.0956. The Morgan fingerprint density at radius 1 is 1.12 bits per heavy atom. The molecule has 1 N–H and O–H groups in total. The summed E-state index contributed by atoms with van der Waals surface area (Å²) in [5.74, 6) is -0.0956. The van der Waals surface area contributed by atoms with Crippen LogP contribution in [0.5, 0.6) is 0 Å². The molecule has 3 rings (SSSR count). The highest BCUT2D eigenvalue weighted by Crippen LogP contribution is 2.14. The van der Waals surface area contributed by atoms with Crippen LogP contribution in [0, 0.1) is 0 Å². The molecule has 128 valence electrons. The molecule has 0 bridgehead atoms. The second-order valence-corrected chi connectivity index (χ2v) is 6.01. The third-order valence-corrected chi connectivity index (χ3v) is 4.21. The number of fused-ring (bicyclic) bond motifs is 1. The van der Waals surface area contributed by atoms with Gasteiger partial charge in [-0.15, -0.1) is 5.10 Å². The van der Waals surface area contributed by atoms with Gasteiger partial charge in [0.1, 0.15) is 5.52 Å². The lowest BCUT2D eigenvalue weighted by molar-refractivity contribution is -0.121. The number of hydrogen-bond donors (Lipinski definition) is 1. The van der Waals surface area contributed by atoms with E-state index in [1.807, 2.05) is 24.3 Å². The highest BCUT2D eigenvalue weighted by atomic mass is 35.5. The van der Waals surface area contributed by atoms with Crippen LogP contribution < -0.4 is 10.9 Å². The first-order valence-electron chi connectivity index (χ1n) is 7.98. The van der Waals surface area contributed by atoms with E-state index < -0.39 is 0 Å². The normalized spacial score (nSPS) is 10.8. The maximum absolute atomic E-state index is 12.3. The number of halogens is 1. The fourth-order valence-corrected chi connectivity index (χ4v) is 2.69. The maximum Gasteiger partial charge on any atom is 0.277 e. The summed E-state index contributed by atoms with van der Waals surface area (Å²) in [6, 6.07) is 14.4. The average molecular weight is 357 g/mol. The standard InChI is InChI=1S/C18H17ClN4O2/c19-15-8-3-1-6-13(15)12-20-17(24)10-5-11-23-18(25)14-7-2-4-9-16(14)21-22-23/h1-4,6-9H,5,10-12H2,(H,20,24). The van der Waals surface area contributed by atoms with Crippen LogP contribution in [-0.2, 0) is 17.9 Å². The van der Waals surface area contributed by atoms with E-state index in [9.17, 15) is 9.59 Å². The Balaban J connectivity index is 1.53. The molecule has 0 atom stereocenters. The number of nitrogens with one attached hydrogen (secondary N) is 1. The molecule has 0 fully saturated rings. The van der Waals surface area contributed by atoms with Crippen molar-refractivity contribution in [3.8, 4) is 0 Å². The fourth-order valence-electron chi connectivity index (χ4n) is 2.48. The smallest absolute Gasteiger partial charge is 0.277 e. The van der Waals surface area contributed by atoms with Crippen LogP contribution in [0.3, 0.4) is 0 Å². The lowest BCUT2D eigenvalue weighted by Gasteiger charge is -2.07. The molecule has 0 aliphatic rings. The summed E-state index contributed by atoms with van der Waals surface area (Å²) in [5.41, 5.74) is 1.25. The maximum atomic E-state index is 12.3. The van der Waals surface area contributed by atoms with Crippen molar-refractivity contribution >= 4 is 28.4 Å². The van der Waals surface area contributed by atoms with E-state index in [-0.39, 0.29) is 11.5 Å². The van der Waals surface area contributed by atoms with Crippen LogP contribution >= 0.6 is 11.6 Å². The molecule has 1 heterocycles. The van der Waals surface area contributed by atoms with Gasteiger partial charge in [-0.25, -0.2) is 4.68 Å². The quantitative estimate of drug-likeness (QED) is 0.736. The number of carbonyl (C=O) groups is 1. The van der Waals surface area contributed by atoms with Crippen molar-refractivity contribution in [2.45, 2.75) is 25.9 Å². The number of aryl methyl sites for hydroxylation is 1. The average Bonchev–Trinajstić information content (AvgIpc) is 2.63. The molecular weight excluding hydrogens is 340 g/mol. The van der Waals surface area contributed by atoms with E-state index in [1.54, 1.807) is 24.3 Å². The molecule has 0 aliphatic heterocycles. The molecule has 0 saturated carbocycles. The summed E-state index contributed by atoms with van der Waals surface area (Å²) in [7, 11) is 0. The summed E-state index contributed by atoms with van der Waals surface area (Å²) < 4.78 is 1.30. The summed E-state index contributed by atoms with van der Waals surface area (Å²) in [6.45, 7) is 0.727. The number of carbonyl (C=O) groups excluding carboxylic acids is 1. The van der Waals surface area contributed by atoms with Crippen molar-refractivity contribution in [1.82, 2.24) is 20.3 Å². The number of benzene rings is 2. The van der Waals surface area contributed by atoms with Crippen LogP contribution in [-0.4, -0.2) is 20.9 Å². The topological polar surface area (TPSA) is 76.9 Å². The lowest BCUT2D eigenvalue weighted by Crippen LogP contribution is -2.26. The highest BCUT2D eigenvalue weighted by Gasteiger charge is 2.07. The number of rotatable bonds is 6. The molecule has 3 aromatic rings. The fraction of sp³-hybridized carbons (Fsp3) is 0.222. The second-order valence-electron chi connectivity index (χ2n) is 5.61. The molecule has 7 heteroatoms. The Kier molecular flexibility index (Phi) is 5.40. The zero-order valence-electron chi connectivity index (χ0n) is 13.5. The minimum atomic E-state index is -0.193. The van der Waals surface area contributed by atoms with Crippen LogP contribution in [0.4, 0.5) is 0 Å². The van der Waals surface area contributed by atoms with Crippen LogP contribution in [0.25, 0.3) is 10.9 Å². The van der Waals surface area contributed by atoms with Gasteiger partial charge in [0.25, 0.3) is 5.56 Å². The first-order chi connectivity index (χ1) is 12.1. The van der Waals surface area contributed by atoms with Crippen molar-refractivity contribution in [1.29, 1.82) is 0 Å². The van der Waals surface area contributed by atoms with Crippen molar-refractivity contribution in [3.63, 3.8) is 0 Å². The van der Waals surface area contributed by atoms with E-state index in [2.05, 4.69) is 15.6 Å². The molecule has 25 heavy (non-hydrogen) atoms. The Labute approximate surface area is 149 Å². The lowest BCUT2D eigenvalue weighted by atomic mass is 10.2. The monoisotopic (exact) mass is 356 g/mol. The first-order valence-corrected chi connectivity index (χ1v) is 8.35. The van der Waals surface area contributed by atoms with Gasteiger partial charge in [-0.3, -0.25) is 9.59 Å². The van der Waals surface area contributed by atoms with Gasteiger partial charge in [0, 0.05) is 24.5 Å². The predicted molar refractivity (Wildman–Crippen MR) is 96.3 cm³/mol. The van der Waals surface area contributed by atoms with Gasteiger partial charge in [-0.1, -0.05) is 47.1 Å². The van der Waals surface area contributed by atoms with Gasteiger partial charge < -0.3 is 5.32 Å². The second kappa shape index (κ2) is 7.90. The first kappa shape index (κ1) is 17.1. The molecule has 0 aliphatic carbocycles. The SMILES string of the molecule is O=C(CCCn1nnc2ccccc2c1=O)NCc1ccccc1Cl. The molecule has 1 aromatic heterocycles. The van der Waals surface area contributed by atoms with E-state index in [1.165, 1.54) is 4.68 Å². The van der Waals surface area contributed by atoms with Crippen molar-refractivity contribution < 1.29 is 4.79 Å². The third kappa shape index (κ3) is 4.22. The molecule has 0 unspecified atom stereocenters. The van der Waals surface area contributed by atoms with E-state index in [0.29, 0.717) is 41.9 Å². The Morgan fingerprint density at radius 3 is 2.72 bits per heavy atom. The Bertz CT molecular complexity index is 955. The molecule has 0 spiro atoms. The number of nitrogens with zero attached hydrogens (tertiary/aromatic N) is 3. The summed E-state index contributed by atoms with van der Waals surface area (Å²) >= 11 is 6.05. The molecule has 0 radical (unpaired) electrons. The largest absolute Gasteiger partial charge is 0.352 e. The van der Waals surface area contributed by atoms with Crippen LogP contribution in [0.2, 0.25) is 5.02 Å². The van der Waals surface area contributed by atoms with Gasteiger partial charge in [0.05, 0.1) is 5.39 Å². The summed E-state index contributed by atoms with van der Waals surface area (Å²) in [4.78, 5) is 24.2. The molecule has 0 saturated heterocycles. The van der Waals surface area contributed by atoms with Gasteiger partial charge >= 0.3 is 0 Å². The van der Waals surface area contributed by atoms with E-state index in [0.717, 1.165) is 5.56 Å². The van der Waals surface area contributed by atoms with Gasteiger partial charge in [0.2, 0.25) is 5.91 Å². The number of amides is 1. The highest BCUT2D eigenvalue weighted by molar-refractivity contribution is 6.31. The van der Waals surface area contributed by atoms with Crippen molar-refractivity contribution in [2.75, 3.05) is 0 Å². The van der Waals surface area contributed by atoms with Gasteiger partial charge in [-0.2, -0.15) is 0 Å². The van der Waals surface area contributed by atoms with E-state index >= 15 is 0 Å². The summed E-state index contributed by atoms with van der Waals surface area (Å²) in [5, 5.41) is 11.9. The molecule has 1 amide bonds. The van der Waals surface area contributed by atoms with Crippen molar-refractivity contribution in [3.05, 3.63) is 69.5 Å². The summed E-state index contributed by atoms with van der Waals surface area (Å²) in [6.07, 6.45) is 0.798. The van der Waals surface area contributed by atoms with Gasteiger partial charge in [-0.05, 0) is 30.2 Å². The minimum Gasteiger partial charge on any atom is -0.352 e. The van der Waals surface area contributed by atoms with Crippen molar-refractivity contribution in [2.24, 2.45) is 0 Å². The number of hydrogen-bond acceptors (Lipinski definition) is 4.